The highest BCUT2D eigenvalue weighted by atomic mass is 35.5. The molecule has 242 valence electrons. The Kier molecular flexibility index (Phi) is 9.72. The smallest absolute Gasteiger partial charge is 0.317 e. The molecule has 1 aliphatic rings. The number of hydrogen-bond acceptors (Lipinski definition) is 6. The highest BCUT2D eigenvalue weighted by Gasteiger charge is 2.34. The monoisotopic (exact) mass is 661 g/mol. The number of halogens is 1. The zero-order valence-electron chi connectivity index (χ0n) is 26.7. The first-order valence-electron chi connectivity index (χ1n) is 15.3. The van der Waals surface area contributed by atoms with Gasteiger partial charge in [0.25, 0.3) is 0 Å². The number of nitrogens with one attached hydrogen (secondary N) is 3. The molecule has 1 fully saturated rings. The summed E-state index contributed by atoms with van der Waals surface area (Å²) in [5.74, 6) is -0.361. The summed E-state index contributed by atoms with van der Waals surface area (Å²) in [5, 5.41) is 14.2. The molecule has 46 heavy (non-hydrogen) atoms. The van der Waals surface area contributed by atoms with Gasteiger partial charge in [-0.05, 0) is 80.7 Å². The van der Waals surface area contributed by atoms with Crippen LogP contribution in [0.3, 0.4) is 0 Å². The Morgan fingerprint density at radius 2 is 1.65 bits per heavy atom. The van der Waals surface area contributed by atoms with E-state index in [1.165, 1.54) is 18.2 Å². The molecule has 1 unspecified atom stereocenters. The van der Waals surface area contributed by atoms with Crippen molar-refractivity contribution in [2.24, 2.45) is 5.92 Å². The summed E-state index contributed by atoms with van der Waals surface area (Å²) >= 11 is 6.54. The van der Waals surface area contributed by atoms with Crippen LogP contribution in [0.15, 0.2) is 77.7 Å². The second kappa shape index (κ2) is 13.4. The fourth-order valence-electron chi connectivity index (χ4n) is 5.75. The molecule has 3 N–H and O–H groups in total. The molecule has 2 heterocycles. The van der Waals surface area contributed by atoms with Crippen molar-refractivity contribution in [1.29, 1.82) is 0 Å². The zero-order chi connectivity index (χ0) is 33.2. The van der Waals surface area contributed by atoms with E-state index in [2.05, 4.69) is 36.7 Å². The summed E-state index contributed by atoms with van der Waals surface area (Å²) in [6.07, 6.45) is 2.60. The van der Waals surface area contributed by atoms with Gasteiger partial charge in [-0.3, -0.25) is 10.1 Å². The third-order valence-corrected chi connectivity index (χ3v) is 9.74. The van der Waals surface area contributed by atoms with Gasteiger partial charge in [0.15, 0.2) is 15.6 Å². The SMILES string of the molecule is Cc1ccc(-n2nc(C(C)(C)C)cc2NC(=O)Nc2ccccc2C(C(=O)c2ccc(S(C)(=O)=O)cc2Cl)C2CCNCC2)cc1. The Labute approximate surface area is 275 Å². The molecular formula is C35H40ClN5O4S. The van der Waals surface area contributed by atoms with Crippen LogP contribution in [0.5, 0.6) is 0 Å². The van der Waals surface area contributed by atoms with Crippen LogP contribution in [-0.2, 0) is 15.3 Å². The largest absolute Gasteiger partial charge is 0.324 e. The molecule has 9 nitrogen and oxygen atoms in total. The molecule has 0 radical (unpaired) electrons. The Hall–Kier alpha value is -3.99. The lowest BCUT2D eigenvalue weighted by Gasteiger charge is -2.31. The minimum Gasteiger partial charge on any atom is -0.317 e. The Morgan fingerprint density at radius 3 is 2.28 bits per heavy atom. The molecule has 2 amide bonds. The number of piperidine rings is 1. The summed E-state index contributed by atoms with van der Waals surface area (Å²) in [6, 6.07) is 20.8. The maximum Gasteiger partial charge on any atom is 0.324 e. The molecule has 3 aromatic carbocycles. The predicted molar refractivity (Wildman–Crippen MR) is 183 cm³/mol. The first kappa shape index (κ1) is 33.4. The minimum absolute atomic E-state index is 0.0253. The number of aromatic nitrogens is 2. The van der Waals surface area contributed by atoms with Crippen molar-refractivity contribution in [1.82, 2.24) is 15.1 Å². The first-order chi connectivity index (χ1) is 21.7. The number of amides is 2. The molecule has 0 aliphatic carbocycles. The second-order valence-electron chi connectivity index (χ2n) is 12.9. The second-order valence-corrected chi connectivity index (χ2v) is 15.3. The number of sulfone groups is 1. The van der Waals surface area contributed by atoms with Gasteiger partial charge in [-0.25, -0.2) is 17.9 Å². The Bertz CT molecular complexity index is 1860. The normalized spacial score (nSPS) is 14.9. The Morgan fingerprint density at radius 1 is 0.978 bits per heavy atom. The van der Waals surface area contributed by atoms with Gasteiger partial charge in [-0.2, -0.15) is 5.10 Å². The molecule has 1 aromatic heterocycles. The van der Waals surface area contributed by atoms with E-state index in [9.17, 15) is 18.0 Å². The van der Waals surface area contributed by atoms with E-state index in [0.717, 1.165) is 49.1 Å². The average molecular weight is 662 g/mol. The van der Waals surface area contributed by atoms with Crippen LogP contribution >= 0.6 is 11.6 Å². The lowest BCUT2D eigenvalue weighted by atomic mass is 9.75. The molecule has 1 atom stereocenters. The molecule has 1 saturated heterocycles. The minimum atomic E-state index is -3.50. The molecule has 0 spiro atoms. The van der Waals surface area contributed by atoms with Gasteiger partial charge in [-0.15, -0.1) is 0 Å². The number of anilines is 2. The van der Waals surface area contributed by atoms with Crippen LogP contribution in [0.2, 0.25) is 5.02 Å². The van der Waals surface area contributed by atoms with Crippen molar-refractivity contribution >= 4 is 44.8 Å². The number of carbonyl (C=O) groups excluding carboxylic acids is 2. The number of carbonyl (C=O) groups is 2. The van der Waals surface area contributed by atoms with Gasteiger partial charge in [0, 0.05) is 29.0 Å². The van der Waals surface area contributed by atoms with Crippen molar-refractivity contribution in [3.05, 3.63) is 100 Å². The van der Waals surface area contributed by atoms with Crippen molar-refractivity contribution < 1.29 is 18.0 Å². The number of hydrogen-bond donors (Lipinski definition) is 3. The molecule has 1 aliphatic heterocycles. The van der Waals surface area contributed by atoms with Crippen molar-refractivity contribution in [2.45, 2.75) is 56.8 Å². The molecule has 0 bridgehead atoms. The number of rotatable bonds is 8. The number of nitrogens with zero attached hydrogens (tertiary/aromatic N) is 2. The van der Waals surface area contributed by atoms with Gasteiger partial charge in [0.2, 0.25) is 0 Å². The van der Waals surface area contributed by atoms with Crippen LogP contribution in [0, 0.1) is 12.8 Å². The fraction of sp³-hybridized carbons (Fsp3) is 0.343. The van der Waals surface area contributed by atoms with E-state index in [0.29, 0.717) is 17.1 Å². The first-order valence-corrected chi connectivity index (χ1v) is 17.6. The summed E-state index contributed by atoms with van der Waals surface area (Å²) in [6.45, 7) is 9.71. The average Bonchev–Trinajstić information content (AvgIpc) is 3.43. The molecule has 0 saturated carbocycles. The predicted octanol–water partition coefficient (Wildman–Crippen LogP) is 7.15. The number of ketones is 1. The summed E-state index contributed by atoms with van der Waals surface area (Å²) in [4.78, 5) is 27.9. The van der Waals surface area contributed by atoms with Crippen LogP contribution in [0.1, 0.15) is 66.7 Å². The lowest BCUT2D eigenvalue weighted by molar-refractivity contribution is 0.0916. The van der Waals surface area contributed by atoms with E-state index in [1.807, 2.05) is 55.5 Å². The number of Topliss-reactive ketones (excluding diaryl/α,β-unsaturated/α-hetero) is 1. The zero-order valence-corrected chi connectivity index (χ0v) is 28.3. The quantitative estimate of drug-likeness (QED) is 0.173. The van der Waals surface area contributed by atoms with E-state index in [-0.39, 0.29) is 32.6 Å². The van der Waals surface area contributed by atoms with Crippen molar-refractivity contribution in [3.63, 3.8) is 0 Å². The third kappa shape index (κ3) is 7.52. The molecule has 5 rings (SSSR count). The van der Waals surface area contributed by atoms with E-state index in [4.69, 9.17) is 16.7 Å². The number of para-hydroxylation sites is 1. The summed E-state index contributed by atoms with van der Waals surface area (Å²) in [5.41, 5.74) is 3.90. The Balaban J connectivity index is 1.48. The fourth-order valence-corrected chi connectivity index (χ4v) is 6.74. The highest BCUT2D eigenvalue weighted by molar-refractivity contribution is 7.90. The molecular weight excluding hydrogens is 622 g/mol. The van der Waals surface area contributed by atoms with E-state index in [1.54, 1.807) is 10.7 Å². The van der Waals surface area contributed by atoms with Crippen LogP contribution in [-0.4, -0.2) is 49.4 Å². The van der Waals surface area contributed by atoms with Gasteiger partial charge < -0.3 is 10.6 Å². The van der Waals surface area contributed by atoms with Gasteiger partial charge in [-0.1, -0.05) is 68.3 Å². The van der Waals surface area contributed by atoms with E-state index < -0.39 is 21.8 Å². The van der Waals surface area contributed by atoms with Gasteiger partial charge >= 0.3 is 6.03 Å². The van der Waals surface area contributed by atoms with Crippen LogP contribution in [0.25, 0.3) is 5.69 Å². The molecule has 11 heteroatoms. The van der Waals surface area contributed by atoms with Gasteiger partial charge in [0.05, 0.1) is 27.2 Å². The van der Waals surface area contributed by atoms with E-state index >= 15 is 0 Å². The van der Waals surface area contributed by atoms with Crippen LogP contribution in [0.4, 0.5) is 16.3 Å². The standard InChI is InChI=1S/C35H40ClN5O4S/c1-22-10-12-24(13-11-22)41-31(21-30(40-41)35(2,3)4)39-34(43)38-29-9-7-6-8-27(29)32(23-16-18-37-19-17-23)33(42)26-15-14-25(20-28(26)36)46(5,44)45/h6-15,20-21,23,32,37H,16-19H2,1-5H3,(H2,38,39,43). The maximum absolute atomic E-state index is 14.3. The van der Waals surface area contributed by atoms with Crippen molar-refractivity contribution in [2.75, 3.05) is 30.0 Å². The highest BCUT2D eigenvalue weighted by Crippen LogP contribution is 2.39. The number of urea groups is 1. The number of benzene rings is 3. The molecule has 4 aromatic rings. The lowest BCUT2D eigenvalue weighted by Crippen LogP contribution is -2.34. The summed E-state index contributed by atoms with van der Waals surface area (Å²) in [7, 11) is -3.50. The maximum atomic E-state index is 14.3. The van der Waals surface area contributed by atoms with Crippen molar-refractivity contribution in [3.8, 4) is 5.69 Å². The third-order valence-electron chi connectivity index (χ3n) is 8.31. The number of aryl methyl sites for hydroxylation is 1. The van der Waals surface area contributed by atoms with Crippen LogP contribution < -0.4 is 16.0 Å². The summed E-state index contributed by atoms with van der Waals surface area (Å²) < 4.78 is 25.9. The topological polar surface area (TPSA) is 122 Å². The van der Waals surface area contributed by atoms with Gasteiger partial charge in [0.1, 0.15) is 5.82 Å².